The van der Waals surface area contributed by atoms with E-state index < -0.39 is 10.0 Å². The summed E-state index contributed by atoms with van der Waals surface area (Å²) < 4.78 is 32.4. The highest BCUT2D eigenvalue weighted by Crippen LogP contribution is 2.19. The van der Waals surface area contributed by atoms with Crippen molar-refractivity contribution in [2.45, 2.75) is 4.90 Å². The first kappa shape index (κ1) is 20.8. The summed E-state index contributed by atoms with van der Waals surface area (Å²) in [7, 11) is -2.39. The Balaban J connectivity index is 1.65. The lowest BCUT2D eigenvalue weighted by Gasteiger charge is -2.12. The molecule has 11 heteroatoms. The molecule has 0 aliphatic heterocycles. The van der Waals surface area contributed by atoms with E-state index in [-0.39, 0.29) is 16.6 Å². The second-order valence-electron chi connectivity index (χ2n) is 5.66. The number of sulfonamides is 1. The zero-order valence-electron chi connectivity index (χ0n) is 15.1. The molecule has 0 atom stereocenters. The van der Waals surface area contributed by atoms with Crippen molar-refractivity contribution in [3.05, 3.63) is 65.9 Å². The molecule has 0 radical (unpaired) electrons. The van der Waals surface area contributed by atoms with Gasteiger partial charge in [-0.3, -0.25) is 4.72 Å². The van der Waals surface area contributed by atoms with E-state index in [0.29, 0.717) is 15.8 Å². The van der Waals surface area contributed by atoms with E-state index in [1.165, 1.54) is 31.6 Å². The maximum atomic E-state index is 12.5. The molecule has 1 heterocycles. The highest BCUT2D eigenvalue weighted by molar-refractivity contribution is 7.92. The van der Waals surface area contributed by atoms with Gasteiger partial charge in [0.25, 0.3) is 10.0 Å². The Labute approximate surface area is 178 Å². The third-order valence-corrected chi connectivity index (χ3v) is 5.44. The molecular weight excluding hydrogens is 434 g/mol. The fraction of sp³-hybridized carbons (Fsp3) is 0.0556. The number of nitrogens with zero attached hydrogens (tertiary/aromatic N) is 2. The van der Waals surface area contributed by atoms with Crippen LogP contribution in [-0.4, -0.2) is 30.6 Å². The number of nitrogens with one attached hydrogen (secondary N) is 3. The van der Waals surface area contributed by atoms with E-state index in [1.54, 1.807) is 36.4 Å². The van der Waals surface area contributed by atoms with Gasteiger partial charge in [-0.2, -0.15) is 0 Å². The number of halogens is 1. The lowest BCUT2D eigenvalue weighted by molar-refractivity contribution is 0.397. The highest BCUT2D eigenvalue weighted by atomic mass is 35.5. The monoisotopic (exact) mass is 449 g/mol. The van der Waals surface area contributed by atoms with Crippen LogP contribution in [0.25, 0.3) is 0 Å². The fourth-order valence-electron chi connectivity index (χ4n) is 2.25. The van der Waals surface area contributed by atoms with Crippen molar-refractivity contribution in [1.29, 1.82) is 0 Å². The Hall–Kier alpha value is -2.95. The summed E-state index contributed by atoms with van der Waals surface area (Å²) >= 11 is 11.1. The van der Waals surface area contributed by atoms with Crippen LogP contribution >= 0.6 is 23.8 Å². The van der Waals surface area contributed by atoms with Gasteiger partial charge in [0.05, 0.1) is 12.0 Å². The minimum absolute atomic E-state index is 0.0669. The zero-order valence-corrected chi connectivity index (χ0v) is 17.5. The van der Waals surface area contributed by atoms with E-state index in [1.807, 2.05) is 0 Å². The average Bonchev–Trinajstić information content (AvgIpc) is 2.70. The minimum atomic E-state index is -3.82. The Morgan fingerprint density at radius 1 is 1.00 bits per heavy atom. The summed E-state index contributed by atoms with van der Waals surface area (Å²) in [4.78, 5) is 7.77. The first-order valence-electron chi connectivity index (χ1n) is 8.18. The lowest BCUT2D eigenvalue weighted by atomic mass is 10.3. The number of benzene rings is 2. The second-order valence-corrected chi connectivity index (χ2v) is 8.19. The predicted molar refractivity (Wildman–Crippen MR) is 117 cm³/mol. The fourth-order valence-corrected chi connectivity index (χ4v) is 3.61. The van der Waals surface area contributed by atoms with Gasteiger partial charge in [0, 0.05) is 22.5 Å². The van der Waals surface area contributed by atoms with E-state index in [2.05, 4.69) is 25.3 Å². The second kappa shape index (κ2) is 9.03. The normalized spacial score (nSPS) is 10.8. The van der Waals surface area contributed by atoms with Crippen LogP contribution in [0.4, 0.5) is 17.2 Å². The molecule has 0 aliphatic rings. The number of hydrogen-bond acceptors (Lipinski definition) is 6. The topological polar surface area (TPSA) is 105 Å². The summed E-state index contributed by atoms with van der Waals surface area (Å²) in [6, 6.07) is 14.6. The SMILES string of the molecule is COc1cc(NS(=O)(=O)c2ccc(NC(=S)Nc3ccc(Cl)cc3)cc2)ncn1. The van der Waals surface area contributed by atoms with E-state index in [9.17, 15) is 8.42 Å². The number of ether oxygens (including phenoxy) is 1. The maximum Gasteiger partial charge on any atom is 0.263 e. The van der Waals surface area contributed by atoms with Crippen molar-refractivity contribution >= 4 is 56.1 Å². The summed E-state index contributed by atoms with van der Waals surface area (Å²) in [6.07, 6.45) is 1.21. The summed E-state index contributed by atoms with van der Waals surface area (Å²) in [6.45, 7) is 0. The molecule has 0 saturated heterocycles. The molecule has 29 heavy (non-hydrogen) atoms. The van der Waals surface area contributed by atoms with Crippen molar-refractivity contribution in [2.24, 2.45) is 0 Å². The van der Waals surface area contributed by atoms with Crippen molar-refractivity contribution in [3.63, 3.8) is 0 Å². The quantitative estimate of drug-likeness (QED) is 0.488. The molecule has 3 aromatic rings. The summed E-state index contributed by atoms with van der Waals surface area (Å²) in [5, 5.41) is 6.98. The van der Waals surface area contributed by atoms with Gasteiger partial charge in [-0.25, -0.2) is 18.4 Å². The van der Waals surface area contributed by atoms with Gasteiger partial charge in [-0.05, 0) is 60.7 Å². The standard InChI is InChI=1S/C18H16ClN5O3S2/c1-27-17-10-16(20-11-21-17)24-29(25,26)15-8-6-14(7-9-15)23-18(28)22-13-4-2-12(19)3-5-13/h2-11H,1H3,(H,20,21,24)(H2,22,23,28). The number of hydrogen-bond donors (Lipinski definition) is 3. The summed E-state index contributed by atoms with van der Waals surface area (Å²) in [5.41, 5.74) is 1.40. The van der Waals surface area contributed by atoms with Gasteiger partial charge in [-0.15, -0.1) is 0 Å². The van der Waals surface area contributed by atoms with Crippen molar-refractivity contribution in [1.82, 2.24) is 9.97 Å². The molecular formula is C18H16ClN5O3S2. The van der Waals surface area contributed by atoms with Gasteiger partial charge >= 0.3 is 0 Å². The van der Waals surface area contributed by atoms with Crippen LogP contribution in [0.15, 0.2) is 65.8 Å². The molecule has 3 rings (SSSR count). The third kappa shape index (κ3) is 5.76. The Morgan fingerprint density at radius 3 is 2.17 bits per heavy atom. The number of aromatic nitrogens is 2. The van der Waals surface area contributed by atoms with E-state index >= 15 is 0 Å². The van der Waals surface area contributed by atoms with Crippen molar-refractivity contribution in [2.75, 3.05) is 22.5 Å². The van der Waals surface area contributed by atoms with E-state index in [0.717, 1.165) is 5.69 Å². The predicted octanol–water partition coefficient (Wildman–Crippen LogP) is 3.75. The van der Waals surface area contributed by atoms with Crippen LogP contribution in [0, 0.1) is 0 Å². The van der Waals surface area contributed by atoms with Crippen molar-refractivity contribution < 1.29 is 13.2 Å². The van der Waals surface area contributed by atoms with Crippen LogP contribution in [-0.2, 0) is 10.0 Å². The molecule has 1 aromatic heterocycles. The van der Waals surface area contributed by atoms with Crippen LogP contribution in [0.5, 0.6) is 5.88 Å². The highest BCUT2D eigenvalue weighted by Gasteiger charge is 2.15. The van der Waals surface area contributed by atoms with Crippen LogP contribution in [0.2, 0.25) is 5.02 Å². The molecule has 0 amide bonds. The Bertz CT molecular complexity index is 1110. The van der Waals surface area contributed by atoms with Crippen molar-refractivity contribution in [3.8, 4) is 5.88 Å². The van der Waals surface area contributed by atoms with Crippen LogP contribution in [0.3, 0.4) is 0 Å². The molecule has 150 valence electrons. The maximum absolute atomic E-state index is 12.5. The molecule has 0 bridgehead atoms. The number of anilines is 3. The Morgan fingerprint density at radius 2 is 1.59 bits per heavy atom. The number of methoxy groups -OCH3 is 1. The molecule has 0 saturated carbocycles. The summed E-state index contributed by atoms with van der Waals surface area (Å²) in [5.74, 6) is 0.353. The number of rotatable bonds is 6. The zero-order chi connectivity index (χ0) is 20.9. The number of thiocarbonyl (C=S) groups is 1. The van der Waals surface area contributed by atoms with Gasteiger partial charge in [0.15, 0.2) is 5.11 Å². The largest absolute Gasteiger partial charge is 0.481 e. The first-order chi connectivity index (χ1) is 13.9. The average molecular weight is 450 g/mol. The molecule has 0 spiro atoms. The van der Waals surface area contributed by atoms with Gasteiger partial charge in [0.1, 0.15) is 12.1 Å². The molecule has 2 aromatic carbocycles. The molecule has 3 N–H and O–H groups in total. The van der Waals surface area contributed by atoms with Gasteiger partial charge in [0.2, 0.25) is 5.88 Å². The minimum Gasteiger partial charge on any atom is -0.481 e. The van der Waals surface area contributed by atoms with E-state index in [4.69, 9.17) is 28.6 Å². The smallest absolute Gasteiger partial charge is 0.263 e. The molecule has 0 fully saturated rings. The van der Waals surface area contributed by atoms with Crippen LogP contribution in [0.1, 0.15) is 0 Å². The van der Waals surface area contributed by atoms with Gasteiger partial charge in [-0.1, -0.05) is 11.6 Å². The first-order valence-corrected chi connectivity index (χ1v) is 10.5. The molecule has 8 nitrogen and oxygen atoms in total. The Kier molecular flexibility index (Phi) is 6.47. The molecule has 0 unspecified atom stereocenters. The van der Waals surface area contributed by atoms with Gasteiger partial charge < -0.3 is 15.4 Å². The van der Waals surface area contributed by atoms with Crippen LogP contribution < -0.4 is 20.1 Å². The third-order valence-electron chi connectivity index (χ3n) is 3.61. The lowest BCUT2D eigenvalue weighted by Crippen LogP contribution is -2.19. The molecule has 0 aliphatic carbocycles.